The third kappa shape index (κ3) is 3.23. The van der Waals surface area contributed by atoms with Gasteiger partial charge in [-0.25, -0.2) is 4.98 Å². The summed E-state index contributed by atoms with van der Waals surface area (Å²) < 4.78 is 16.6. The average Bonchev–Trinajstić information content (AvgIpc) is 3.17. The molecule has 1 aromatic heterocycles. The van der Waals surface area contributed by atoms with Gasteiger partial charge in [0.1, 0.15) is 5.52 Å². The van der Waals surface area contributed by atoms with Gasteiger partial charge in [0.25, 0.3) is 5.91 Å². The fraction of sp³-hybridized carbons (Fsp3) is 0.333. The molecule has 27 heavy (non-hydrogen) atoms. The Morgan fingerprint density at radius 2 is 1.85 bits per heavy atom. The number of nitrogens with zero attached hydrogens (tertiary/aromatic N) is 2. The molecule has 2 aromatic carbocycles. The van der Waals surface area contributed by atoms with E-state index in [1.807, 2.05) is 29.2 Å². The molecular formula is C21H22N2O4. The lowest BCUT2D eigenvalue weighted by Gasteiger charge is -2.31. The Balaban J connectivity index is 1.48. The molecule has 2 heterocycles. The molecule has 0 spiro atoms. The van der Waals surface area contributed by atoms with Crippen LogP contribution in [-0.4, -0.2) is 43.1 Å². The lowest BCUT2D eigenvalue weighted by molar-refractivity contribution is 0.0702. The summed E-state index contributed by atoms with van der Waals surface area (Å²) in [6.07, 6.45) is 1.65. The number of amides is 1. The Bertz CT molecular complexity index is 925. The minimum absolute atomic E-state index is 0.0400. The number of likely N-dealkylation sites (tertiary alicyclic amines) is 1. The maximum atomic E-state index is 13.0. The van der Waals surface area contributed by atoms with Gasteiger partial charge in [-0.3, -0.25) is 4.79 Å². The van der Waals surface area contributed by atoms with Gasteiger partial charge in [0, 0.05) is 19.0 Å². The number of hydrogen-bond acceptors (Lipinski definition) is 5. The Labute approximate surface area is 157 Å². The Hall–Kier alpha value is -3.02. The second-order valence-corrected chi connectivity index (χ2v) is 6.63. The van der Waals surface area contributed by atoms with Gasteiger partial charge < -0.3 is 18.8 Å². The first-order chi connectivity index (χ1) is 13.2. The van der Waals surface area contributed by atoms with Crippen LogP contribution in [0.2, 0.25) is 0 Å². The smallest absolute Gasteiger partial charge is 0.257 e. The molecule has 0 atom stereocenters. The zero-order chi connectivity index (χ0) is 18.8. The van der Waals surface area contributed by atoms with Gasteiger partial charge in [-0.15, -0.1) is 0 Å². The molecular weight excluding hydrogens is 344 g/mol. The van der Waals surface area contributed by atoms with Gasteiger partial charge in [-0.2, -0.15) is 0 Å². The largest absolute Gasteiger partial charge is 0.493 e. The number of fused-ring (bicyclic) bond motifs is 1. The van der Waals surface area contributed by atoms with Gasteiger partial charge in [0.15, 0.2) is 23.0 Å². The van der Waals surface area contributed by atoms with E-state index in [4.69, 9.17) is 13.9 Å². The first kappa shape index (κ1) is 17.4. The lowest BCUT2D eigenvalue weighted by atomic mass is 9.96. The second-order valence-electron chi connectivity index (χ2n) is 6.63. The summed E-state index contributed by atoms with van der Waals surface area (Å²) >= 11 is 0. The predicted octanol–water partition coefficient (Wildman–Crippen LogP) is 3.86. The molecule has 0 N–H and O–H groups in total. The average molecular weight is 366 g/mol. The number of aromatic nitrogens is 1. The van der Waals surface area contributed by atoms with Crippen LogP contribution in [-0.2, 0) is 0 Å². The number of methoxy groups -OCH3 is 2. The van der Waals surface area contributed by atoms with Crippen molar-refractivity contribution >= 4 is 17.0 Å². The van der Waals surface area contributed by atoms with Crippen molar-refractivity contribution in [2.75, 3.05) is 27.3 Å². The van der Waals surface area contributed by atoms with Crippen LogP contribution < -0.4 is 9.47 Å². The molecule has 0 radical (unpaired) electrons. The topological polar surface area (TPSA) is 64.8 Å². The van der Waals surface area contributed by atoms with E-state index in [-0.39, 0.29) is 11.8 Å². The van der Waals surface area contributed by atoms with Crippen LogP contribution >= 0.6 is 0 Å². The molecule has 0 saturated carbocycles. The Morgan fingerprint density at radius 1 is 1.07 bits per heavy atom. The lowest BCUT2D eigenvalue weighted by Crippen LogP contribution is -2.38. The fourth-order valence-corrected chi connectivity index (χ4v) is 3.62. The molecule has 0 unspecified atom stereocenters. The van der Waals surface area contributed by atoms with Crippen molar-refractivity contribution in [2.24, 2.45) is 0 Å². The molecule has 0 aliphatic carbocycles. The van der Waals surface area contributed by atoms with Gasteiger partial charge in [0.05, 0.1) is 19.8 Å². The van der Waals surface area contributed by atoms with E-state index in [1.54, 1.807) is 32.4 Å². The number of piperidine rings is 1. The van der Waals surface area contributed by atoms with Gasteiger partial charge in [-0.1, -0.05) is 18.2 Å². The number of carbonyl (C=O) groups is 1. The van der Waals surface area contributed by atoms with E-state index in [2.05, 4.69) is 4.98 Å². The van der Waals surface area contributed by atoms with Crippen LogP contribution in [0.1, 0.15) is 35.0 Å². The maximum absolute atomic E-state index is 13.0. The van der Waals surface area contributed by atoms with Crippen molar-refractivity contribution in [1.82, 2.24) is 9.88 Å². The number of hydrogen-bond donors (Lipinski definition) is 0. The summed E-state index contributed by atoms with van der Waals surface area (Å²) in [6, 6.07) is 13.2. The second kappa shape index (κ2) is 7.31. The minimum Gasteiger partial charge on any atom is -0.493 e. The maximum Gasteiger partial charge on any atom is 0.257 e. The first-order valence-electron chi connectivity index (χ1n) is 9.07. The fourth-order valence-electron chi connectivity index (χ4n) is 3.62. The molecule has 1 aliphatic rings. The quantitative estimate of drug-likeness (QED) is 0.701. The van der Waals surface area contributed by atoms with Crippen molar-refractivity contribution in [2.45, 2.75) is 18.8 Å². The van der Waals surface area contributed by atoms with Gasteiger partial charge in [0.2, 0.25) is 0 Å². The van der Waals surface area contributed by atoms with E-state index in [0.29, 0.717) is 30.2 Å². The summed E-state index contributed by atoms with van der Waals surface area (Å²) in [4.78, 5) is 19.4. The number of rotatable bonds is 4. The van der Waals surface area contributed by atoms with E-state index < -0.39 is 0 Å². The summed E-state index contributed by atoms with van der Waals surface area (Å²) in [5.74, 6) is 1.99. The third-order valence-electron chi connectivity index (χ3n) is 5.08. The van der Waals surface area contributed by atoms with Crippen molar-refractivity contribution in [3.05, 3.63) is 53.9 Å². The summed E-state index contributed by atoms with van der Waals surface area (Å²) in [6.45, 7) is 1.31. The summed E-state index contributed by atoms with van der Waals surface area (Å²) in [5.41, 5.74) is 2.22. The van der Waals surface area contributed by atoms with Crippen LogP contribution in [0, 0.1) is 0 Å². The SMILES string of the molecule is COc1cccc(C(=O)N2CCC(c3nc4ccccc4o3)CC2)c1OC. The van der Waals surface area contributed by atoms with Crippen LogP contribution in [0.4, 0.5) is 0 Å². The van der Waals surface area contributed by atoms with Gasteiger partial charge in [-0.05, 0) is 37.1 Å². The van der Waals surface area contributed by atoms with Gasteiger partial charge >= 0.3 is 0 Å². The van der Waals surface area contributed by atoms with Crippen molar-refractivity contribution in [3.63, 3.8) is 0 Å². The third-order valence-corrected chi connectivity index (χ3v) is 5.08. The van der Waals surface area contributed by atoms with Crippen molar-refractivity contribution in [3.8, 4) is 11.5 Å². The van der Waals surface area contributed by atoms with Crippen LogP contribution in [0.15, 0.2) is 46.9 Å². The highest BCUT2D eigenvalue weighted by Crippen LogP contribution is 2.34. The highest BCUT2D eigenvalue weighted by molar-refractivity contribution is 5.97. The molecule has 1 fully saturated rings. The van der Waals surface area contributed by atoms with Crippen LogP contribution in [0.5, 0.6) is 11.5 Å². The Kier molecular flexibility index (Phi) is 4.71. The van der Waals surface area contributed by atoms with Crippen LogP contribution in [0.25, 0.3) is 11.1 Å². The molecule has 1 saturated heterocycles. The van der Waals surface area contributed by atoms with E-state index in [0.717, 1.165) is 29.8 Å². The predicted molar refractivity (Wildman–Crippen MR) is 101 cm³/mol. The molecule has 0 bridgehead atoms. The summed E-state index contributed by atoms with van der Waals surface area (Å²) in [5, 5.41) is 0. The number of para-hydroxylation sites is 3. The molecule has 1 aliphatic heterocycles. The Morgan fingerprint density at radius 3 is 2.56 bits per heavy atom. The van der Waals surface area contributed by atoms with E-state index >= 15 is 0 Å². The van der Waals surface area contributed by atoms with E-state index in [1.165, 1.54) is 0 Å². The van der Waals surface area contributed by atoms with Crippen molar-refractivity contribution < 1.29 is 18.7 Å². The minimum atomic E-state index is -0.0400. The molecule has 6 nitrogen and oxygen atoms in total. The zero-order valence-corrected chi connectivity index (χ0v) is 15.5. The highest BCUT2D eigenvalue weighted by atomic mass is 16.5. The molecule has 1 amide bonds. The number of carbonyl (C=O) groups excluding carboxylic acids is 1. The summed E-state index contributed by atoms with van der Waals surface area (Å²) in [7, 11) is 3.12. The molecule has 6 heteroatoms. The normalized spacial score (nSPS) is 15.1. The van der Waals surface area contributed by atoms with Crippen molar-refractivity contribution in [1.29, 1.82) is 0 Å². The zero-order valence-electron chi connectivity index (χ0n) is 15.5. The highest BCUT2D eigenvalue weighted by Gasteiger charge is 2.29. The molecule has 3 aromatic rings. The van der Waals surface area contributed by atoms with E-state index in [9.17, 15) is 4.79 Å². The number of oxazole rings is 1. The number of ether oxygens (including phenoxy) is 2. The van der Waals surface area contributed by atoms with Crippen LogP contribution in [0.3, 0.4) is 0 Å². The molecule has 140 valence electrons. The first-order valence-corrected chi connectivity index (χ1v) is 9.07. The number of benzene rings is 2. The standard InChI is InChI=1S/C21H22N2O4/c1-25-18-9-5-6-15(19(18)26-2)21(24)23-12-10-14(11-13-23)20-22-16-7-3-4-8-17(16)27-20/h3-9,14H,10-13H2,1-2H3. The molecule has 4 rings (SSSR count). The monoisotopic (exact) mass is 366 g/mol.